The lowest BCUT2D eigenvalue weighted by atomic mass is 9.93. The van der Waals surface area contributed by atoms with Crippen LogP contribution in [0.2, 0.25) is 0 Å². The van der Waals surface area contributed by atoms with E-state index in [1.807, 2.05) is 0 Å². The maximum Gasteiger partial charge on any atom is 0.416 e. The molecule has 26 heavy (non-hydrogen) atoms. The third kappa shape index (κ3) is 4.07. The SMILES string of the molecule is Cc1cc(C(F)(F)F)cc(O)c1-c1ccc(N[C@H]2CCC[C@H](O)C2)nn1. The number of nitrogens with one attached hydrogen (secondary N) is 1. The second kappa shape index (κ2) is 7.11. The molecule has 2 aromatic rings. The molecule has 3 rings (SSSR count). The van der Waals surface area contributed by atoms with Crippen molar-refractivity contribution >= 4 is 5.82 Å². The molecule has 140 valence electrons. The molecule has 3 N–H and O–H groups in total. The minimum atomic E-state index is -4.52. The normalized spacial score (nSPS) is 20.8. The molecule has 5 nitrogen and oxygen atoms in total. The molecule has 0 saturated heterocycles. The van der Waals surface area contributed by atoms with Crippen LogP contribution in [0.3, 0.4) is 0 Å². The van der Waals surface area contributed by atoms with E-state index in [-0.39, 0.29) is 23.3 Å². The quantitative estimate of drug-likeness (QED) is 0.767. The number of hydrogen-bond donors (Lipinski definition) is 3. The number of rotatable bonds is 3. The zero-order chi connectivity index (χ0) is 18.9. The Morgan fingerprint density at radius 1 is 1.15 bits per heavy atom. The van der Waals surface area contributed by atoms with E-state index < -0.39 is 17.5 Å². The van der Waals surface area contributed by atoms with Gasteiger partial charge in [-0.25, -0.2) is 0 Å². The highest BCUT2D eigenvalue weighted by atomic mass is 19.4. The zero-order valence-electron chi connectivity index (χ0n) is 14.2. The van der Waals surface area contributed by atoms with Gasteiger partial charge in [-0.1, -0.05) is 0 Å². The summed E-state index contributed by atoms with van der Waals surface area (Å²) in [6, 6.07) is 5.05. The molecule has 0 unspecified atom stereocenters. The van der Waals surface area contributed by atoms with Crippen molar-refractivity contribution in [3.05, 3.63) is 35.4 Å². The Bertz CT molecular complexity index is 755. The lowest BCUT2D eigenvalue weighted by molar-refractivity contribution is -0.137. The van der Waals surface area contributed by atoms with E-state index in [0.717, 1.165) is 25.3 Å². The van der Waals surface area contributed by atoms with E-state index in [9.17, 15) is 23.4 Å². The number of halogens is 3. The first-order valence-electron chi connectivity index (χ1n) is 8.43. The minimum absolute atomic E-state index is 0.111. The average Bonchev–Trinajstić information content (AvgIpc) is 2.55. The molecular formula is C18H20F3N3O2. The van der Waals surface area contributed by atoms with Gasteiger partial charge in [0.05, 0.1) is 17.4 Å². The summed E-state index contributed by atoms with van der Waals surface area (Å²) in [5.74, 6) is 0.0413. The second-order valence-corrected chi connectivity index (χ2v) is 6.65. The Morgan fingerprint density at radius 3 is 2.50 bits per heavy atom. The molecule has 0 spiro atoms. The van der Waals surface area contributed by atoms with E-state index in [4.69, 9.17) is 0 Å². The van der Waals surface area contributed by atoms with Gasteiger partial charge in [0.2, 0.25) is 0 Å². The van der Waals surface area contributed by atoms with Gasteiger partial charge in [0, 0.05) is 11.6 Å². The average molecular weight is 367 g/mol. The zero-order valence-corrected chi connectivity index (χ0v) is 14.2. The Labute approximate surface area is 148 Å². The van der Waals surface area contributed by atoms with Gasteiger partial charge in [0.1, 0.15) is 11.6 Å². The molecule has 1 aromatic heterocycles. The van der Waals surface area contributed by atoms with Crippen LogP contribution < -0.4 is 5.32 Å². The second-order valence-electron chi connectivity index (χ2n) is 6.65. The van der Waals surface area contributed by atoms with Crippen molar-refractivity contribution in [2.45, 2.75) is 50.9 Å². The van der Waals surface area contributed by atoms with Gasteiger partial charge in [-0.15, -0.1) is 10.2 Å². The monoisotopic (exact) mass is 367 g/mol. The predicted molar refractivity (Wildman–Crippen MR) is 90.8 cm³/mol. The summed E-state index contributed by atoms with van der Waals surface area (Å²) < 4.78 is 38.5. The van der Waals surface area contributed by atoms with E-state index in [0.29, 0.717) is 24.0 Å². The Hall–Kier alpha value is -2.35. The van der Waals surface area contributed by atoms with Crippen LogP contribution >= 0.6 is 0 Å². The molecule has 1 aliphatic carbocycles. The number of benzene rings is 1. The summed E-state index contributed by atoms with van der Waals surface area (Å²) in [5.41, 5.74) is -0.116. The first kappa shape index (κ1) is 18.4. The van der Waals surface area contributed by atoms with E-state index in [2.05, 4.69) is 15.5 Å². The molecule has 1 aliphatic rings. The molecule has 0 amide bonds. The van der Waals surface area contributed by atoms with Gasteiger partial charge in [0.25, 0.3) is 0 Å². The minimum Gasteiger partial charge on any atom is -0.507 e. The number of phenols is 1. The number of alkyl halides is 3. The summed E-state index contributed by atoms with van der Waals surface area (Å²) in [6.07, 6.45) is -1.54. The van der Waals surface area contributed by atoms with Crippen LogP contribution in [0.4, 0.5) is 19.0 Å². The fraction of sp³-hybridized carbons (Fsp3) is 0.444. The van der Waals surface area contributed by atoms with Crippen LogP contribution in [0.5, 0.6) is 5.75 Å². The third-order valence-corrected chi connectivity index (χ3v) is 4.56. The number of phenolic OH excluding ortho intramolecular Hbond substituents is 1. The predicted octanol–water partition coefficient (Wildman–Crippen LogP) is 3.89. The highest BCUT2D eigenvalue weighted by molar-refractivity contribution is 5.71. The van der Waals surface area contributed by atoms with E-state index in [1.54, 1.807) is 12.1 Å². The number of nitrogens with zero attached hydrogens (tertiary/aromatic N) is 2. The maximum absolute atomic E-state index is 12.8. The van der Waals surface area contributed by atoms with Gasteiger partial charge < -0.3 is 15.5 Å². The third-order valence-electron chi connectivity index (χ3n) is 4.56. The number of anilines is 1. The smallest absolute Gasteiger partial charge is 0.416 e. The lowest BCUT2D eigenvalue weighted by Crippen LogP contribution is -2.30. The molecule has 1 heterocycles. The molecule has 1 aromatic carbocycles. The number of aliphatic hydroxyl groups excluding tert-OH is 1. The highest BCUT2D eigenvalue weighted by Crippen LogP contribution is 2.38. The first-order chi connectivity index (χ1) is 12.2. The number of aromatic nitrogens is 2. The molecule has 2 atom stereocenters. The molecule has 1 fully saturated rings. The number of aromatic hydroxyl groups is 1. The van der Waals surface area contributed by atoms with Crippen molar-refractivity contribution in [3.8, 4) is 17.0 Å². The van der Waals surface area contributed by atoms with Crippen LogP contribution in [0, 0.1) is 6.92 Å². The van der Waals surface area contributed by atoms with Crippen molar-refractivity contribution in [1.82, 2.24) is 10.2 Å². The fourth-order valence-electron chi connectivity index (χ4n) is 3.31. The van der Waals surface area contributed by atoms with E-state index >= 15 is 0 Å². The van der Waals surface area contributed by atoms with Crippen LogP contribution in [-0.4, -0.2) is 32.6 Å². The van der Waals surface area contributed by atoms with Gasteiger partial charge >= 0.3 is 6.18 Å². The highest BCUT2D eigenvalue weighted by Gasteiger charge is 2.32. The number of aryl methyl sites for hydroxylation is 1. The summed E-state index contributed by atoms with van der Waals surface area (Å²) in [5, 5.41) is 31.0. The molecule has 1 saturated carbocycles. The van der Waals surface area contributed by atoms with E-state index in [1.165, 1.54) is 6.92 Å². The number of aliphatic hydroxyl groups is 1. The number of hydrogen-bond acceptors (Lipinski definition) is 5. The summed E-state index contributed by atoms with van der Waals surface area (Å²) in [6.45, 7) is 1.49. The van der Waals surface area contributed by atoms with Crippen LogP contribution in [0.25, 0.3) is 11.3 Å². The van der Waals surface area contributed by atoms with Gasteiger partial charge in [-0.05, 0) is 62.4 Å². The van der Waals surface area contributed by atoms with Gasteiger partial charge in [-0.2, -0.15) is 13.2 Å². The van der Waals surface area contributed by atoms with Gasteiger partial charge in [0.15, 0.2) is 0 Å². The van der Waals surface area contributed by atoms with Crippen LogP contribution in [0.15, 0.2) is 24.3 Å². The Balaban J connectivity index is 1.80. The molecule has 0 bridgehead atoms. The summed E-state index contributed by atoms with van der Waals surface area (Å²) in [7, 11) is 0. The molecule has 0 aliphatic heterocycles. The van der Waals surface area contributed by atoms with Crippen LogP contribution in [0.1, 0.15) is 36.8 Å². The van der Waals surface area contributed by atoms with Crippen molar-refractivity contribution in [3.63, 3.8) is 0 Å². The molecule has 8 heteroatoms. The fourth-order valence-corrected chi connectivity index (χ4v) is 3.31. The summed E-state index contributed by atoms with van der Waals surface area (Å²) >= 11 is 0. The van der Waals surface area contributed by atoms with Crippen LogP contribution in [-0.2, 0) is 6.18 Å². The lowest BCUT2D eigenvalue weighted by Gasteiger charge is -2.26. The summed E-state index contributed by atoms with van der Waals surface area (Å²) in [4.78, 5) is 0. The largest absolute Gasteiger partial charge is 0.507 e. The molecule has 0 radical (unpaired) electrons. The molecular weight excluding hydrogens is 347 g/mol. The maximum atomic E-state index is 12.8. The Kier molecular flexibility index (Phi) is 5.04. The topological polar surface area (TPSA) is 78.3 Å². The van der Waals surface area contributed by atoms with Crippen molar-refractivity contribution in [2.75, 3.05) is 5.32 Å². The van der Waals surface area contributed by atoms with Crippen molar-refractivity contribution in [1.29, 1.82) is 0 Å². The van der Waals surface area contributed by atoms with Gasteiger partial charge in [-0.3, -0.25) is 0 Å². The first-order valence-corrected chi connectivity index (χ1v) is 8.43. The van der Waals surface area contributed by atoms with Crippen molar-refractivity contribution in [2.24, 2.45) is 0 Å². The Morgan fingerprint density at radius 2 is 1.92 bits per heavy atom. The standard InChI is InChI=1S/C18H20F3N3O2/c1-10-7-11(18(19,20)21)8-15(26)17(10)14-5-6-16(24-23-14)22-12-3-2-4-13(25)9-12/h5-8,12-13,25-26H,2-4,9H2,1H3,(H,22,24)/t12-,13-/m0/s1. The van der Waals surface area contributed by atoms with Crippen molar-refractivity contribution < 1.29 is 23.4 Å².